The number of nitrogens with one attached hydrogen (secondary N) is 2. The first-order valence-electron chi connectivity index (χ1n) is 25.7. The van der Waals surface area contributed by atoms with Gasteiger partial charge in [-0.25, -0.2) is 0 Å². The Balaban J connectivity index is 1.16. The highest BCUT2D eigenvalue weighted by Crippen LogP contribution is 2.49. The van der Waals surface area contributed by atoms with Gasteiger partial charge in [-0.15, -0.1) is 0 Å². The molecule has 0 aliphatic carbocycles. The second-order valence-corrected chi connectivity index (χ2v) is 19.1. The van der Waals surface area contributed by atoms with Crippen LogP contribution in [0, 0.1) is 5.92 Å². The number of aliphatic hydroxyl groups excluding tert-OH is 3. The molecule has 1 saturated heterocycles. The minimum atomic E-state index is -2.14. The Morgan fingerprint density at radius 2 is 1.35 bits per heavy atom. The maximum Gasteiger partial charge on any atom is 0.264 e. The zero-order valence-corrected chi connectivity index (χ0v) is 41.7. The molecule has 4 aromatic carbocycles. The van der Waals surface area contributed by atoms with E-state index in [4.69, 9.17) is 9.47 Å². The zero-order valence-electron chi connectivity index (χ0n) is 41.7. The van der Waals surface area contributed by atoms with Crippen LogP contribution in [0.5, 0.6) is 11.5 Å². The first kappa shape index (κ1) is 52.2. The molecular formula is C56H70N6O10. The predicted molar refractivity (Wildman–Crippen MR) is 276 cm³/mol. The van der Waals surface area contributed by atoms with Crippen molar-refractivity contribution < 1.29 is 49.1 Å². The summed E-state index contributed by atoms with van der Waals surface area (Å²) in [6.07, 6.45) is 8.38. The summed E-state index contributed by atoms with van der Waals surface area (Å²) in [5.74, 6) is -0.562. The van der Waals surface area contributed by atoms with E-state index in [-0.39, 0.29) is 56.5 Å². The van der Waals surface area contributed by atoms with E-state index in [1.165, 1.54) is 0 Å². The van der Waals surface area contributed by atoms with E-state index in [1.54, 1.807) is 56.9 Å². The van der Waals surface area contributed by atoms with Gasteiger partial charge >= 0.3 is 0 Å². The van der Waals surface area contributed by atoms with Crippen LogP contribution in [0.1, 0.15) is 88.0 Å². The Morgan fingerprint density at radius 1 is 0.764 bits per heavy atom. The summed E-state index contributed by atoms with van der Waals surface area (Å²) in [7, 11) is 0. The zero-order chi connectivity index (χ0) is 50.9. The van der Waals surface area contributed by atoms with Crippen LogP contribution in [0.25, 0.3) is 0 Å². The Hall–Kier alpha value is -6.14. The largest absolute Gasteiger partial charge is 0.494 e. The molecule has 5 atom stereocenters. The number of hydrogen-bond acceptors (Lipinski definition) is 12. The summed E-state index contributed by atoms with van der Waals surface area (Å²) in [5, 5.41) is 48.6. The molecular weight excluding hydrogens is 917 g/mol. The van der Waals surface area contributed by atoms with Crippen LogP contribution < -0.4 is 34.8 Å². The molecule has 1 fully saturated rings. The van der Waals surface area contributed by atoms with Gasteiger partial charge in [-0.05, 0) is 162 Å². The van der Waals surface area contributed by atoms with E-state index in [1.807, 2.05) is 74.5 Å². The molecule has 16 nitrogen and oxygen atoms in total. The molecule has 384 valence electrons. The second-order valence-electron chi connectivity index (χ2n) is 19.1. The molecule has 6 N–H and O–H groups in total. The Morgan fingerprint density at radius 3 is 1.92 bits per heavy atom. The molecule has 72 heavy (non-hydrogen) atoms. The lowest BCUT2D eigenvalue weighted by Gasteiger charge is -2.35. The average molecular weight is 987 g/mol. The van der Waals surface area contributed by atoms with E-state index in [0.29, 0.717) is 117 Å². The van der Waals surface area contributed by atoms with Gasteiger partial charge in [-0.1, -0.05) is 31.2 Å². The predicted octanol–water partition coefficient (Wildman–Crippen LogP) is 5.69. The monoisotopic (exact) mass is 987 g/mol. The quantitative estimate of drug-likeness (QED) is 0.0392. The third-order valence-corrected chi connectivity index (χ3v) is 14.3. The molecule has 0 bridgehead atoms. The Bertz CT molecular complexity index is 2620. The molecule has 8 rings (SSSR count). The van der Waals surface area contributed by atoms with Gasteiger partial charge in [0, 0.05) is 49.0 Å². The number of amides is 4. The molecule has 4 amide bonds. The number of fused-ring (bicyclic) bond motifs is 3. The number of aliphatic hydroxyl groups is 4. The number of carbonyl (C=O) groups excluding carboxylic acids is 4. The highest BCUT2D eigenvalue weighted by atomic mass is 16.5. The SMILES string of the molecule is CCOc1ccc2c(c1)CC(NCCCCO)C(=O)N2c1cccc(CN2C(=O)[C@](O)([C@H](C)/C=C/CC(=O)N3CCC[C@H]3CO)c3cc(N4C(=O)C(NCCCCO)Cc5cc(OCC)ccc54)ccc32)c1. The van der Waals surface area contributed by atoms with Crippen molar-refractivity contribution in [2.75, 3.05) is 67.4 Å². The lowest BCUT2D eigenvalue weighted by molar-refractivity contribution is -0.139. The van der Waals surface area contributed by atoms with Crippen molar-refractivity contribution in [3.63, 3.8) is 0 Å². The Kier molecular flexibility index (Phi) is 17.1. The molecule has 0 saturated carbocycles. The second kappa shape index (κ2) is 23.6. The van der Waals surface area contributed by atoms with E-state index in [0.717, 1.165) is 29.7 Å². The van der Waals surface area contributed by atoms with Crippen molar-refractivity contribution in [1.29, 1.82) is 0 Å². The fourth-order valence-electron chi connectivity index (χ4n) is 10.6. The molecule has 4 aromatic rings. The van der Waals surface area contributed by atoms with Gasteiger partial charge in [-0.2, -0.15) is 0 Å². The van der Waals surface area contributed by atoms with Crippen molar-refractivity contribution >= 4 is 52.1 Å². The van der Waals surface area contributed by atoms with E-state index in [9.17, 15) is 34.8 Å². The Labute approximate surface area is 422 Å². The number of unbranched alkanes of at least 4 members (excludes halogenated alkanes) is 2. The third-order valence-electron chi connectivity index (χ3n) is 14.3. The number of rotatable bonds is 23. The lowest BCUT2D eigenvalue weighted by atomic mass is 9.82. The van der Waals surface area contributed by atoms with Crippen LogP contribution in [0.3, 0.4) is 0 Å². The summed E-state index contributed by atoms with van der Waals surface area (Å²) < 4.78 is 11.7. The summed E-state index contributed by atoms with van der Waals surface area (Å²) >= 11 is 0. The number of carbonyl (C=O) groups is 4. The van der Waals surface area contributed by atoms with E-state index in [2.05, 4.69) is 10.6 Å². The van der Waals surface area contributed by atoms with Crippen LogP contribution in [0.15, 0.2) is 91.0 Å². The van der Waals surface area contributed by atoms with Crippen LogP contribution >= 0.6 is 0 Å². The minimum Gasteiger partial charge on any atom is -0.494 e. The molecule has 0 radical (unpaired) electrons. The standard InChI is InChI=1S/C56H70N6O10/c1-4-71-44-19-22-49-39(30-44)32-47(57-24-6-8-27-63)53(67)61(49)41-15-11-14-38(29-41)35-60-51-21-18-42(62-50-23-20-45(72-5-2)31-40(50)33-48(54(62)68)58-25-7-9-28-64)34-46(51)56(70,55(60)69)37(3)13-10-17-52(66)59-26-12-16-43(59)36-65/h10-11,13-15,18-23,29-31,34,37,43,47-48,57-58,63-65,70H,4-9,12,16-17,24-28,32-33,35-36H2,1-3H3/b13-10+/t37-,43+,47?,48?,56+/m1/s1. The van der Waals surface area contributed by atoms with Crippen molar-refractivity contribution in [2.24, 2.45) is 5.92 Å². The first-order chi connectivity index (χ1) is 34.9. The molecule has 4 aliphatic rings. The minimum absolute atomic E-state index is 0.0222. The first-order valence-corrected chi connectivity index (χ1v) is 25.7. The normalized spacial score (nSPS) is 21.1. The van der Waals surface area contributed by atoms with Gasteiger partial charge in [0.05, 0.1) is 61.6 Å². The summed E-state index contributed by atoms with van der Waals surface area (Å²) in [6, 6.07) is 22.7. The lowest BCUT2D eigenvalue weighted by Crippen LogP contribution is -2.49. The van der Waals surface area contributed by atoms with Gasteiger partial charge in [0.2, 0.25) is 17.7 Å². The smallest absolute Gasteiger partial charge is 0.264 e. The number of likely N-dealkylation sites (tertiary alicyclic amines) is 1. The fourth-order valence-corrected chi connectivity index (χ4v) is 10.6. The molecule has 4 aliphatic heterocycles. The molecule has 0 aromatic heterocycles. The van der Waals surface area contributed by atoms with E-state index < -0.39 is 29.5 Å². The van der Waals surface area contributed by atoms with Crippen LogP contribution in [0.4, 0.5) is 28.4 Å². The summed E-state index contributed by atoms with van der Waals surface area (Å²) in [6.45, 7) is 8.18. The average Bonchev–Trinajstić information content (AvgIpc) is 3.95. The molecule has 4 heterocycles. The highest BCUT2D eigenvalue weighted by molar-refractivity contribution is 6.10. The fraction of sp³-hybridized carbons (Fsp3) is 0.464. The molecule has 2 unspecified atom stereocenters. The number of anilines is 5. The number of ether oxygens (including phenoxy) is 2. The number of hydrogen-bond donors (Lipinski definition) is 6. The molecule has 16 heteroatoms. The van der Waals surface area contributed by atoms with E-state index >= 15 is 4.79 Å². The van der Waals surface area contributed by atoms with Gasteiger partial charge in [0.15, 0.2) is 5.60 Å². The van der Waals surface area contributed by atoms with Gasteiger partial charge in [0.1, 0.15) is 11.5 Å². The van der Waals surface area contributed by atoms with Crippen molar-refractivity contribution in [2.45, 2.75) is 109 Å². The highest BCUT2D eigenvalue weighted by Gasteiger charge is 2.53. The maximum absolute atomic E-state index is 15.2. The van der Waals surface area contributed by atoms with Crippen LogP contribution in [0.2, 0.25) is 0 Å². The van der Waals surface area contributed by atoms with Gasteiger partial charge in [0.25, 0.3) is 5.91 Å². The van der Waals surface area contributed by atoms with Gasteiger partial charge < -0.3 is 50.3 Å². The van der Waals surface area contributed by atoms with Crippen molar-refractivity contribution in [3.05, 3.63) is 113 Å². The summed E-state index contributed by atoms with van der Waals surface area (Å²) in [4.78, 5) is 64.1. The van der Waals surface area contributed by atoms with Crippen molar-refractivity contribution in [3.8, 4) is 11.5 Å². The topological polar surface area (TPSA) is 205 Å². The number of nitrogens with zero attached hydrogens (tertiary/aromatic N) is 4. The van der Waals surface area contributed by atoms with Crippen LogP contribution in [-0.4, -0.2) is 120 Å². The van der Waals surface area contributed by atoms with Crippen LogP contribution in [-0.2, 0) is 44.2 Å². The molecule has 0 spiro atoms. The van der Waals surface area contributed by atoms with Gasteiger partial charge in [-0.3, -0.25) is 29.0 Å². The summed E-state index contributed by atoms with van der Waals surface area (Å²) in [5.41, 5.74) is 3.52. The van der Waals surface area contributed by atoms with Crippen molar-refractivity contribution in [1.82, 2.24) is 15.5 Å². The maximum atomic E-state index is 15.2. The number of benzene rings is 4. The third kappa shape index (κ3) is 10.8.